The van der Waals surface area contributed by atoms with E-state index in [4.69, 9.17) is 26.1 Å². The van der Waals surface area contributed by atoms with Crippen molar-refractivity contribution in [3.05, 3.63) is 22.2 Å². The molecule has 0 saturated carbocycles. The van der Waals surface area contributed by atoms with Gasteiger partial charge in [0.15, 0.2) is 14.2 Å². The summed E-state index contributed by atoms with van der Waals surface area (Å²) in [6.45, 7) is -18.1. The lowest BCUT2D eigenvalue weighted by atomic mass is 10.0. The largest absolute Gasteiger partial charge is 0.505 e. The maximum atomic E-state index is 13.4. The van der Waals surface area contributed by atoms with Crippen LogP contribution in [0.3, 0.4) is 0 Å². The van der Waals surface area contributed by atoms with Gasteiger partial charge in [0, 0.05) is 41.4 Å². The summed E-state index contributed by atoms with van der Waals surface area (Å²) >= 11 is 0. The molecular formula is C18H27N5O3. The highest BCUT2D eigenvalue weighted by Crippen LogP contribution is 2.23. The highest BCUT2D eigenvalue weighted by molar-refractivity contribution is 6.00. The first-order valence-corrected chi connectivity index (χ1v) is 7.26. The van der Waals surface area contributed by atoms with E-state index in [1.54, 1.807) is 0 Å². The molecule has 3 heterocycles. The van der Waals surface area contributed by atoms with Crippen LogP contribution in [0.25, 0.3) is 11.2 Å². The molecule has 3 N–H and O–H groups in total. The molecule has 0 aliphatic carbocycles. The molecular weight excluding hydrogens is 334 g/mol. The van der Waals surface area contributed by atoms with Gasteiger partial charge in [-0.25, -0.2) is 4.98 Å². The Morgan fingerprint density at radius 2 is 2.65 bits per heavy atom. The van der Waals surface area contributed by atoms with Gasteiger partial charge >= 0.3 is 0 Å². The number of aryl methyl sites for hydroxylation is 1. The van der Waals surface area contributed by atoms with Gasteiger partial charge in [-0.1, -0.05) is 6.92 Å². The molecule has 8 nitrogen and oxygen atoms in total. The van der Waals surface area contributed by atoms with Crippen molar-refractivity contribution in [1.82, 2.24) is 24.7 Å². The van der Waals surface area contributed by atoms with Crippen LogP contribution >= 0.6 is 0 Å². The second-order valence-electron chi connectivity index (χ2n) is 5.05. The SMILES string of the molecule is [2H]c1nc2c(c(O)c(C(=O)N([2H])C([2H])([2H])CCN3C([2H])([2H])C([2H])([2H])C([2H])([2H])C([2H])(C)C3([2H])[2H])c(=O)n2C([2H])([2H])C([2H])([2H])[2H])n1[2H]. The molecule has 2 aromatic rings. The van der Waals surface area contributed by atoms with Gasteiger partial charge in [-0.3, -0.25) is 14.2 Å². The fourth-order valence-electron chi connectivity index (χ4n) is 2.17. The molecule has 1 saturated heterocycles. The Kier molecular flexibility index (Phi) is 1.85. The summed E-state index contributed by atoms with van der Waals surface area (Å²) < 4.78 is 152. The van der Waals surface area contributed by atoms with Crippen LogP contribution in [0.4, 0.5) is 0 Å². The molecule has 1 unspecified atom stereocenters. The summed E-state index contributed by atoms with van der Waals surface area (Å²) in [6, 6.07) is 0. The van der Waals surface area contributed by atoms with Crippen LogP contribution in [-0.4, -0.2) is 56.5 Å². The molecule has 0 spiro atoms. The van der Waals surface area contributed by atoms with Crippen molar-refractivity contribution >= 4 is 17.1 Å². The zero-order valence-corrected chi connectivity index (χ0v) is 13.4. The minimum absolute atomic E-state index is 0.000880. The number of rotatable bonds is 6. The van der Waals surface area contributed by atoms with E-state index in [0.29, 0.717) is 6.92 Å². The fraction of sp³-hybridized carbons (Fsp3) is 0.611. The molecule has 1 fully saturated rings. The Morgan fingerprint density at radius 1 is 1.81 bits per heavy atom. The Hall–Kier alpha value is -2.35. The van der Waals surface area contributed by atoms with Crippen LogP contribution in [0.15, 0.2) is 11.1 Å². The molecule has 1 aliphatic heterocycles. The molecule has 142 valence electrons. The molecule has 0 aromatic carbocycles. The Morgan fingerprint density at radius 3 is 3.46 bits per heavy atom. The number of nitrogens with zero attached hydrogens (tertiary/aromatic N) is 3. The summed E-state index contributed by atoms with van der Waals surface area (Å²) in [5.41, 5.74) is -5.63. The van der Waals surface area contributed by atoms with Crippen LogP contribution < -0.4 is 10.9 Å². The molecule has 1 atom stereocenters. The van der Waals surface area contributed by atoms with Crippen LogP contribution in [0.2, 0.25) is 2.82 Å². The zero-order valence-electron chi connectivity index (χ0n) is 32.4. The molecule has 1 amide bonds. The average Bonchev–Trinajstić information content (AvgIpc) is 3.14. The van der Waals surface area contributed by atoms with Crippen molar-refractivity contribution in [3.63, 3.8) is 0 Å². The lowest BCUT2D eigenvalue weighted by Gasteiger charge is -2.30. The van der Waals surface area contributed by atoms with Crippen LogP contribution in [0.5, 0.6) is 5.75 Å². The maximum Gasteiger partial charge on any atom is 0.268 e. The van der Waals surface area contributed by atoms with Gasteiger partial charge in [0.1, 0.15) is 12.5 Å². The van der Waals surface area contributed by atoms with Crippen molar-refractivity contribution in [1.29, 1.82) is 0 Å². The van der Waals surface area contributed by atoms with Gasteiger partial charge in [0.25, 0.3) is 11.5 Å². The number of pyridine rings is 1. The first-order valence-electron chi connectivity index (χ1n) is 16.7. The number of aromatic amines is 1. The van der Waals surface area contributed by atoms with E-state index >= 15 is 0 Å². The first-order chi connectivity index (χ1) is 19.8. The molecule has 8 heteroatoms. The van der Waals surface area contributed by atoms with Gasteiger partial charge in [0.05, 0.1) is 6.30 Å². The van der Waals surface area contributed by atoms with Gasteiger partial charge in [-0.2, -0.15) is 0 Å². The van der Waals surface area contributed by atoms with E-state index in [-0.39, 0.29) is 14.4 Å². The average molecular weight is 381 g/mol. The summed E-state index contributed by atoms with van der Waals surface area (Å²) in [5, 5.41) is 10.1. The van der Waals surface area contributed by atoms with E-state index < -0.39 is 110 Å². The summed E-state index contributed by atoms with van der Waals surface area (Å²) in [6.07, 6.45) is -9.29. The van der Waals surface area contributed by atoms with Crippen molar-refractivity contribution in [2.45, 2.75) is 39.4 Å². The van der Waals surface area contributed by atoms with Crippen molar-refractivity contribution < 1.29 is 36.0 Å². The number of piperidine rings is 1. The standard InChI is InChI=1S/C18H27N5O3/c1-3-23-16-14(20-11-21-16)15(24)13(18(23)26)17(25)19-7-5-9-22-8-4-6-12(2)10-22/h11-12,24H,3-10H2,1-2H3,(H,19,25)(H,20,21)/i1D3,3D2,4D2,6D2,7D2,8D2,10D2,11D,12D/hD2. The number of carbonyl (C=O) groups excluding carboxylic acids is 1. The number of likely N-dealkylation sites (tertiary alicyclic amines) is 1. The topological polar surface area (TPSA) is 103 Å². The highest BCUT2D eigenvalue weighted by atomic mass is 16.3. The predicted molar refractivity (Wildman–Crippen MR) is 99.5 cm³/mol. The number of hydrogen-bond donors (Lipinski definition) is 3. The molecule has 2 aromatic heterocycles. The second-order valence-corrected chi connectivity index (χ2v) is 5.05. The van der Waals surface area contributed by atoms with Crippen molar-refractivity contribution in [2.24, 2.45) is 5.89 Å². The minimum Gasteiger partial charge on any atom is -0.505 e. The minimum atomic E-state index is -3.70. The molecule has 0 radical (unpaired) electrons. The van der Waals surface area contributed by atoms with Crippen molar-refractivity contribution in [2.75, 3.05) is 26.0 Å². The van der Waals surface area contributed by atoms with E-state index in [9.17, 15) is 14.7 Å². The molecule has 26 heavy (non-hydrogen) atoms. The number of imidazole rings is 1. The number of aromatic hydroxyl groups is 1. The second kappa shape index (κ2) is 7.90. The third kappa shape index (κ3) is 3.60. The Balaban J connectivity index is 2.13. The molecule has 3 rings (SSSR count). The monoisotopic (exact) mass is 380 g/mol. The number of amides is 1. The van der Waals surface area contributed by atoms with Gasteiger partial charge in [0.2, 0.25) is 0 Å². The van der Waals surface area contributed by atoms with Crippen LogP contribution in [-0.2, 0) is 6.50 Å². The fourth-order valence-corrected chi connectivity index (χ4v) is 2.17. The van der Waals surface area contributed by atoms with E-state index in [1.807, 2.05) is 0 Å². The van der Waals surface area contributed by atoms with Crippen LogP contribution in [0.1, 0.15) is 66.6 Å². The van der Waals surface area contributed by atoms with Gasteiger partial charge in [-0.05, 0) is 45.0 Å². The van der Waals surface area contributed by atoms with E-state index in [1.165, 1.54) is 0 Å². The first kappa shape index (κ1) is 6.09. The summed E-state index contributed by atoms with van der Waals surface area (Å²) in [7, 11) is 0. The number of aromatic nitrogens is 3. The van der Waals surface area contributed by atoms with E-state index in [0.717, 1.165) is 0 Å². The Bertz CT molecular complexity index is 1560. The lowest BCUT2D eigenvalue weighted by molar-refractivity contribution is 0.0945. The third-order valence-corrected chi connectivity index (χ3v) is 3.32. The van der Waals surface area contributed by atoms with Gasteiger partial charge in [-0.15, -0.1) is 0 Å². The Labute approximate surface area is 179 Å². The summed E-state index contributed by atoms with van der Waals surface area (Å²) in [4.78, 5) is 30.1. The third-order valence-electron chi connectivity index (χ3n) is 3.32. The normalized spacial score (nSPS) is 41.2. The van der Waals surface area contributed by atoms with Crippen molar-refractivity contribution in [3.8, 4) is 5.75 Å². The highest BCUT2D eigenvalue weighted by Gasteiger charge is 2.23. The zero-order chi connectivity index (χ0) is 35.5. The number of nitrogens with one attached hydrogen (secondary N) is 2. The lowest BCUT2D eigenvalue weighted by Crippen LogP contribution is -2.37. The van der Waals surface area contributed by atoms with Gasteiger partial charge < -0.3 is 20.3 Å². The number of carbonyl (C=O) groups is 1. The number of hydrogen-bond acceptors (Lipinski definition) is 5. The molecule has 1 aliphatic rings. The molecule has 0 bridgehead atoms. The van der Waals surface area contributed by atoms with Crippen LogP contribution in [0, 0.1) is 5.89 Å². The predicted octanol–water partition coefficient (Wildman–Crippen LogP) is 1.30. The number of H-pyrrole nitrogens is 1. The summed E-state index contributed by atoms with van der Waals surface area (Å²) in [5.74, 6) is -6.54. The van der Waals surface area contributed by atoms with E-state index in [2.05, 4.69) is 4.98 Å². The quantitative estimate of drug-likeness (QED) is 0.701. The maximum absolute atomic E-state index is 13.4. The number of fused-ring (bicyclic) bond motifs is 1. The smallest absolute Gasteiger partial charge is 0.268 e.